The van der Waals surface area contributed by atoms with Gasteiger partial charge in [0.05, 0.1) is 6.42 Å². The largest absolute Gasteiger partial charge is 0.453 e. The number of halogens is 6. The third kappa shape index (κ3) is 3.35. The van der Waals surface area contributed by atoms with Crippen LogP contribution in [-0.4, -0.2) is 12.1 Å². The molecule has 0 nitrogen and oxygen atoms in total. The van der Waals surface area contributed by atoms with Crippen molar-refractivity contribution in [2.24, 2.45) is 0 Å². The van der Waals surface area contributed by atoms with Gasteiger partial charge in [0.2, 0.25) is 0 Å². The highest BCUT2D eigenvalue weighted by atomic mass is 127. The van der Waals surface area contributed by atoms with Gasteiger partial charge in [0.25, 0.3) is 0 Å². The first-order valence-electron chi connectivity index (χ1n) is 2.44. The second kappa shape index (κ2) is 3.24. The lowest BCUT2D eigenvalue weighted by molar-refractivity contribution is -0.280. The molecule has 0 N–H and O–H groups in total. The van der Waals surface area contributed by atoms with Crippen LogP contribution >= 0.6 is 22.6 Å². The Kier molecular flexibility index (Phi) is 3.27. The van der Waals surface area contributed by atoms with Gasteiger partial charge in [0.1, 0.15) is 0 Å². The SMILES string of the molecule is C=C(I)CC(F)(F)C(F)(F)F. The fourth-order valence-electron chi connectivity index (χ4n) is 0.341. The summed E-state index contributed by atoms with van der Waals surface area (Å²) < 4.78 is 58.0. The molecule has 0 saturated heterocycles. The summed E-state index contributed by atoms with van der Waals surface area (Å²) in [4.78, 5) is 0. The lowest BCUT2D eigenvalue weighted by Crippen LogP contribution is -2.36. The molecule has 6 heteroatoms. The first kappa shape index (κ1) is 11.1. The standard InChI is InChI=1S/C5H4F5I/c1-3(11)2-4(6,7)5(8,9)10/h1-2H2. The zero-order chi connectivity index (χ0) is 9.28. The van der Waals surface area contributed by atoms with Gasteiger partial charge in [-0.2, -0.15) is 22.0 Å². The average Bonchev–Trinajstić information content (AvgIpc) is 1.56. The van der Waals surface area contributed by atoms with E-state index in [1.807, 2.05) is 0 Å². The summed E-state index contributed by atoms with van der Waals surface area (Å²) >= 11 is 1.33. The number of allylic oxidation sites excluding steroid dienone is 1. The Morgan fingerprint density at radius 3 is 1.64 bits per heavy atom. The molecule has 0 aromatic rings. The van der Waals surface area contributed by atoms with Crippen molar-refractivity contribution < 1.29 is 22.0 Å². The summed E-state index contributed by atoms with van der Waals surface area (Å²) in [6, 6.07) is 0. The van der Waals surface area contributed by atoms with Gasteiger partial charge in [-0.1, -0.05) is 6.58 Å². The van der Waals surface area contributed by atoms with Crippen LogP contribution in [0.3, 0.4) is 0 Å². The molecule has 0 atom stereocenters. The fourth-order valence-corrected chi connectivity index (χ4v) is 0.820. The van der Waals surface area contributed by atoms with Crippen molar-refractivity contribution in [3.05, 3.63) is 10.2 Å². The van der Waals surface area contributed by atoms with Gasteiger partial charge in [-0.05, 0) is 26.2 Å². The Labute approximate surface area is 73.6 Å². The van der Waals surface area contributed by atoms with Gasteiger partial charge in [-0.25, -0.2) is 0 Å². The quantitative estimate of drug-likeness (QED) is 0.538. The van der Waals surface area contributed by atoms with Crippen molar-refractivity contribution in [3.63, 3.8) is 0 Å². The molecule has 0 rings (SSSR count). The summed E-state index contributed by atoms with van der Waals surface area (Å²) in [6.07, 6.45) is -6.82. The van der Waals surface area contributed by atoms with Crippen LogP contribution in [-0.2, 0) is 0 Å². The molecule has 0 aliphatic carbocycles. The molecular formula is C5H4F5I. The van der Waals surface area contributed by atoms with E-state index < -0.39 is 18.5 Å². The smallest absolute Gasteiger partial charge is 0.196 e. The van der Waals surface area contributed by atoms with Crippen LogP contribution < -0.4 is 0 Å². The molecule has 0 fully saturated rings. The fraction of sp³-hybridized carbons (Fsp3) is 0.600. The first-order chi connectivity index (χ1) is 4.67. The normalized spacial score (nSPS) is 13.3. The Morgan fingerprint density at radius 1 is 1.18 bits per heavy atom. The topological polar surface area (TPSA) is 0 Å². The predicted octanol–water partition coefficient (Wildman–Crippen LogP) is 3.52. The monoisotopic (exact) mass is 286 g/mol. The van der Waals surface area contributed by atoms with E-state index >= 15 is 0 Å². The molecule has 0 aliphatic rings. The van der Waals surface area contributed by atoms with Crippen molar-refractivity contribution >= 4 is 22.6 Å². The number of rotatable bonds is 2. The van der Waals surface area contributed by atoms with Crippen LogP contribution in [0.5, 0.6) is 0 Å². The summed E-state index contributed by atoms with van der Waals surface area (Å²) in [7, 11) is 0. The van der Waals surface area contributed by atoms with Crippen molar-refractivity contribution in [1.82, 2.24) is 0 Å². The minimum atomic E-state index is -5.47. The van der Waals surface area contributed by atoms with E-state index in [4.69, 9.17) is 0 Å². The lowest BCUT2D eigenvalue weighted by atomic mass is 10.2. The number of alkyl halides is 5. The van der Waals surface area contributed by atoms with Crippen LogP contribution in [0.4, 0.5) is 22.0 Å². The van der Waals surface area contributed by atoms with Crippen LogP contribution in [0.25, 0.3) is 0 Å². The van der Waals surface area contributed by atoms with Crippen molar-refractivity contribution in [2.45, 2.75) is 18.5 Å². The van der Waals surface area contributed by atoms with E-state index in [-0.39, 0.29) is 3.58 Å². The third-order valence-electron chi connectivity index (χ3n) is 0.829. The van der Waals surface area contributed by atoms with E-state index in [9.17, 15) is 22.0 Å². The molecule has 0 amide bonds. The van der Waals surface area contributed by atoms with Gasteiger partial charge in [0, 0.05) is 0 Å². The second-order valence-electron chi connectivity index (χ2n) is 1.90. The predicted molar refractivity (Wildman–Crippen MR) is 38.8 cm³/mol. The van der Waals surface area contributed by atoms with Crippen molar-refractivity contribution in [3.8, 4) is 0 Å². The maximum atomic E-state index is 12.0. The summed E-state index contributed by atoms with van der Waals surface area (Å²) in [6.45, 7) is 2.96. The zero-order valence-electron chi connectivity index (χ0n) is 5.18. The molecule has 0 unspecified atom stereocenters. The summed E-state index contributed by atoms with van der Waals surface area (Å²) in [5.74, 6) is -4.65. The molecule has 0 radical (unpaired) electrons. The Hall–Kier alpha value is 0.120. The van der Waals surface area contributed by atoms with E-state index in [1.165, 1.54) is 22.6 Å². The molecule has 66 valence electrons. The average molecular weight is 286 g/mol. The lowest BCUT2D eigenvalue weighted by Gasteiger charge is -2.18. The zero-order valence-corrected chi connectivity index (χ0v) is 7.34. The molecule has 0 aromatic heterocycles. The van der Waals surface area contributed by atoms with Crippen LogP contribution in [0.1, 0.15) is 6.42 Å². The second-order valence-corrected chi connectivity index (χ2v) is 3.42. The first-order valence-corrected chi connectivity index (χ1v) is 3.52. The van der Waals surface area contributed by atoms with Crippen LogP contribution in [0.2, 0.25) is 0 Å². The Balaban J connectivity index is 4.34. The van der Waals surface area contributed by atoms with Gasteiger partial charge in [-0.3, -0.25) is 0 Å². The van der Waals surface area contributed by atoms with Crippen LogP contribution in [0, 0.1) is 0 Å². The van der Waals surface area contributed by atoms with E-state index in [2.05, 4.69) is 6.58 Å². The van der Waals surface area contributed by atoms with Gasteiger partial charge < -0.3 is 0 Å². The molecule has 0 aromatic carbocycles. The Morgan fingerprint density at radius 2 is 1.55 bits per heavy atom. The highest BCUT2D eigenvalue weighted by Gasteiger charge is 2.57. The Bertz CT molecular complexity index is 159. The third-order valence-corrected chi connectivity index (χ3v) is 1.21. The van der Waals surface area contributed by atoms with E-state index in [1.54, 1.807) is 0 Å². The highest BCUT2D eigenvalue weighted by molar-refractivity contribution is 14.1. The minimum absolute atomic E-state index is 0.218. The van der Waals surface area contributed by atoms with E-state index in [0.717, 1.165) is 0 Å². The number of hydrogen-bond acceptors (Lipinski definition) is 0. The van der Waals surface area contributed by atoms with Crippen LogP contribution in [0.15, 0.2) is 10.2 Å². The van der Waals surface area contributed by atoms with E-state index in [0.29, 0.717) is 0 Å². The maximum absolute atomic E-state index is 12.0. The molecule has 0 aliphatic heterocycles. The van der Waals surface area contributed by atoms with Gasteiger partial charge >= 0.3 is 12.1 Å². The molecule has 0 heterocycles. The molecule has 0 bridgehead atoms. The summed E-state index contributed by atoms with van der Waals surface area (Å²) in [5.41, 5.74) is 0. The minimum Gasteiger partial charge on any atom is -0.196 e. The molecule has 0 saturated carbocycles. The molecule has 11 heavy (non-hydrogen) atoms. The van der Waals surface area contributed by atoms with Crippen molar-refractivity contribution in [2.75, 3.05) is 0 Å². The maximum Gasteiger partial charge on any atom is 0.453 e. The molecular weight excluding hydrogens is 282 g/mol. The summed E-state index contributed by atoms with van der Waals surface area (Å²) in [5, 5.41) is 0. The highest BCUT2D eigenvalue weighted by Crippen LogP contribution is 2.40. The number of hydrogen-bond donors (Lipinski definition) is 0. The van der Waals surface area contributed by atoms with Gasteiger partial charge in [0.15, 0.2) is 0 Å². The molecule has 0 spiro atoms. The van der Waals surface area contributed by atoms with Crippen molar-refractivity contribution in [1.29, 1.82) is 0 Å². The van der Waals surface area contributed by atoms with Gasteiger partial charge in [-0.15, -0.1) is 0 Å².